The van der Waals surface area contributed by atoms with E-state index < -0.39 is 0 Å². The van der Waals surface area contributed by atoms with Gasteiger partial charge in [-0.05, 0) is 87.6 Å². The van der Waals surface area contributed by atoms with Gasteiger partial charge in [0, 0.05) is 11.2 Å². The minimum atomic E-state index is 0.295. The number of aryl methyl sites for hydroxylation is 1. The molecule has 112 valence electrons. The first-order valence-electron chi connectivity index (χ1n) is 8.26. The summed E-state index contributed by atoms with van der Waals surface area (Å²) in [5.74, 6) is 2.85. The molecule has 0 heterocycles. The van der Waals surface area contributed by atoms with E-state index in [-0.39, 0.29) is 0 Å². The van der Waals surface area contributed by atoms with Gasteiger partial charge in [-0.25, -0.2) is 0 Å². The average Bonchev–Trinajstić information content (AvgIpc) is 2.39. The highest BCUT2D eigenvalue weighted by Crippen LogP contribution is 2.55. The number of thiocarbonyl (C=S) groups is 1. The molecule has 3 heteroatoms. The molecule has 1 aromatic carbocycles. The molecule has 5 rings (SSSR count). The van der Waals surface area contributed by atoms with Crippen molar-refractivity contribution in [2.75, 3.05) is 5.32 Å². The highest BCUT2D eigenvalue weighted by molar-refractivity contribution is 7.80. The van der Waals surface area contributed by atoms with Crippen LogP contribution in [0.1, 0.15) is 44.1 Å². The van der Waals surface area contributed by atoms with Crippen molar-refractivity contribution in [2.45, 2.75) is 51.0 Å². The Morgan fingerprint density at radius 1 is 1.00 bits per heavy atom. The van der Waals surface area contributed by atoms with Gasteiger partial charge in [0.2, 0.25) is 0 Å². The number of hydrogen-bond acceptors (Lipinski definition) is 1. The molecule has 1 aromatic rings. The zero-order valence-electron chi connectivity index (χ0n) is 12.7. The molecule has 0 spiro atoms. The van der Waals surface area contributed by atoms with Crippen molar-refractivity contribution >= 4 is 23.0 Å². The van der Waals surface area contributed by atoms with Crippen LogP contribution in [0.15, 0.2) is 24.3 Å². The van der Waals surface area contributed by atoms with E-state index in [4.69, 9.17) is 12.2 Å². The molecule has 21 heavy (non-hydrogen) atoms. The second-order valence-corrected chi connectivity index (χ2v) is 8.05. The van der Waals surface area contributed by atoms with E-state index in [0.29, 0.717) is 5.54 Å². The molecular weight excluding hydrogens is 276 g/mol. The first-order valence-corrected chi connectivity index (χ1v) is 8.67. The summed E-state index contributed by atoms with van der Waals surface area (Å²) in [6, 6.07) is 8.44. The fourth-order valence-electron chi connectivity index (χ4n) is 5.30. The van der Waals surface area contributed by atoms with Crippen molar-refractivity contribution in [1.82, 2.24) is 5.32 Å². The van der Waals surface area contributed by atoms with Crippen LogP contribution in [-0.4, -0.2) is 10.7 Å². The van der Waals surface area contributed by atoms with Crippen LogP contribution in [0.4, 0.5) is 5.69 Å². The van der Waals surface area contributed by atoms with Gasteiger partial charge < -0.3 is 10.6 Å². The monoisotopic (exact) mass is 300 g/mol. The van der Waals surface area contributed by atoms with E-state index >= 15 is 0 Å². The molecule has 0 saturated heterocycles. The van der Waals surface area contributed by atoms with Crippen LogP contribution >= 0.6 is 12.2 Å². The van der Waals surface area contributed by atoms with Crippen LogP contribution in [0.5, 0.6) is 0 Å². The topological polar surface area (TPSA) is 24.1 Å². The summed E-state index contributed by atoms with van der Waals surface area (Å²) in [5, 5.41) is 7.88. The summed E-state index contributed by atoms with van der Waals surface area (Å²) in [4.78, 5) is 0. The van der Waals surface area contributed by atoms with Crippen LogP contribution in [0.3, 0.4) is 0 Å². The number of hydrogen-bond donors (Lipinski definition) is 2. The summed E-state index contributed by atoms with van der Waals surface area (Å²) in [5.41, 5.74) is 2.66. The zero-order valence-corrected chi connectivity index (χ0v) is 13.5. The fourth-order valence-corrected chi connectivity index (χ4v) is 5.64. The quantitative estimate of drug-likeness (QED) is 0.798. The molecule has 4 aliphatic rings. The second-order valence-electron chi connectivity index (χ2n) is 7.64. The van der Waals surface area contributed by atoms with Gasteiger partial charge in [-0.2, -0.15) is 0 Å². The van der Waals surface area contributed by atoms with Crippen LogP contribution in [0.25, 0.3) is 0 Å². The molecular formula is C18H24N2S. The highest BCUT2D eigenvalue weighted by Gasteiger charge is 2.51. The van der Waals surface area contributed by atoms with Crippen molar-refractivity contribution < 1.29 is 0 Å². The van der Waals surface area contributed by atoms with Gasteiger partial charge in [0.15, 0.2) is 5.11 Å². The largest absolute Gasteiger partial charge is 0.357 e. The predicted octanol–water partition coefficient (Wildman–Crippen LogP) is 4.25. The molecule has 0 aromatic heterocycles. The summed E-state index contributed by atoms with van der Waals surface area (Å²) < 4.78 is 0. The maximum atomic E-state index is 5.58. The van der Waals surface area contributed by atoms with Crippen molar-refractivity contribution in [3.8, 4) is 0 Å². The number of benzene rings is 1. The lowest BCUT2D eigenvalue weighted by atomic mass is 9.53. The number of nitrogens with one attached hydrogen (secondary N) is 2. The maximum absolute atomic E-state index is 5.58. The van der Waals surface area contributed by atoms with E-state index in [2.05, 4.69) is 41.8 Å². The third-order valence-electron chi connectivity index (χ3n) is 5.73. The zero-order chi connectivity index (χ0) is 14.4. The van der Waals surface area contributed by atoms with Gasteiger partial charge in [-0.1, -0.05) is 17.7 Å². The first kappa shape index (κ1) is 13.6. The maximum Gasteiger partial charge on any atom is 0.171 e. The van der Waals surface area contributed by atoms with Gasteiger partial charge in [-0.3, -0.25) is 0 Å². The predicted molar refractivity (Wildman–Crippen MR) is 91.4 cm³/mol. The summed E-state index contributed by atoms with van der Waals surface area (Å²) >= 11 is 5.58. The molecule has 4 saturated carbocycles. The van der Waals surface area contributed by atoms with Crippen molar-refractivity contribution in [1.29, 1.82) is 0 Å². The normalized spacial score (nSPS) is 36.5. The fraction of sp³-hybridized carbons (Fsp3) is 0.611. The van der Waals surface area contributed by atoms with E-state index in [1.807, 2.05) is 0 Å². The summed E-state index contributed by atoms with van der Waals surface area (Å²) in [6.45, 7) is 2.11. The number of anilines is 1. The molecule has 0 amide bonds. The van der Waals surface area contributed by atoms with E-state index in [1.165, 1.54) is 44.1 Å². The molecule has 0 atom stereocenters. The summed E-state index contributed by atoms with van der Waals surface area (Å²) in [6.07, 6.45) is 8.40. The van der Waals surface area contributed by atoms with Crippen LogP contribution in [-0.2, 0) is 0 Å². The molecule has 2 nitrogen and oxygen atoms in total. The van der Waals surface area contributed by atoms with E-state index in [0.717, 1.165) is 28.6 Å². The summed E-state index contributed by atoms with van der Waals surface area (Å²) in [7, 11) is 0. The minimum absolute atomic E-state index is 0.295. The third-order valence-corrected chi connectivity index (χ3v) is 5.93. The minimum Gasteiger partial charge on any atom is -0.357 e. The molecule has 2 N–H and O–H groups in total. The molecule has 0 unspecified atom stereocenters. The van der Waals surface area contributed by atoms with Gasteiger partial charge in [0.05, 0.1) is 0 Å². The Kier molecular flexibility index (Phi) is 3.21. The molecule has 4 aliphatic carbocycles. The Bertz CT molecular complexity index is 514. The Morgan fingerprint density at radius 2 is 1.52 bits per heavy atom. The molecule has 0 aliphatic heterocycles. The Balaban J connectivity index is 1.43. The SMILES string of the molecule is Cc1ccc(NC(=S)NC23CC4CC(CC(C4)C2)C3)cc1. The standard InChI is InChI=1S/C18H24N2S/c1-12-2-4-16(5-3-12)19-17(21)20-18-9-13-6-14(10-18)8-15(7-13)11-18/h2-5,13-15H,6-11H2,1H3,(H2,19,20,21). The van der Waals surface area contributed by atoms with Gasteiger partial charge in [-0.15, -0.1) is 0 Å². The molecule has 4 bridgehead atoms. The smallest absolute Gasteiger partial charge is 0.171 e. The van der Waals surface area contributed by atoms with Crippen molar-refractivity contribution in [3.05, 3.63) is 29.8 Å². The van der Waals surface area contributed by atoms with Crippen LogP contribution < -0.4 is 10.6 Å². The van der Waals surface area contributed by atoms with Gasteiger partial charge in [0.1, 0.15) is 0 Å². The second kappa shape index (κ2) is 4.98. The van der Waals surface area contributed by atoms with Crippen molar-refractivity contribution in [3.63, 3.8) is 0 Å². The number of rotatable bonds is 2. The lowest BCUT2D eigenvalue weighted by molar-refractivity contribution is -0.00972. The average molecular weight is 300 g/mol. The molecule has 0 radical (unpaired) electrons. The van der Waals surface area contributed by atoms with Gasteiger partial charge >= 0.3 is 0 Å². The highest BCUT2D eigenvalue weighted by atomic mass is 32.1. The Hall–Kier alpha value is -1.09. The lowest BCUT2D eigenvalue weighted by Gasteiger charge is -2.57. The third kappa shape index (κ3) is 2.68. The van der Waals surface area contributed by atoms with Crippen LogP contribution in [0, 0.1) is 24.7 Å². The lowest BCUT2D eigenvalue weighted by Crippen LogP contribution is -2.60. The van der Waals surface area contributed by atoms with Crippen LogP contribution in [0.2, 0.25) is 0 Å². The van der Waals surface area contributed by atoms with Crippen molar-refractivity contribution in [2.24, 2.45) is 17.8 Å². The van der Waals surface area contributed by atoms with Gasteiger partial charge in [0.25, 0.3) is 0 Å². The Labute approximate surface area is 132 Å². The Morgan fingerprint density at radius 3 is 2.05 bits per heavy atom. The van der Waals surface area contributed by atoms with E-state index in [9.17, 15) is 0 Å². The molecule has 4 fully saturated rings. The first-order chi connectivity index (χ1) is 10.1. The van der Waals surface area contributed by atoms with E-state index in [1.54, 1.807) is 0 Å².